The van der Waals surface area contributed by atoms with Crippen LogP contribution in [0.15, 0.2) is 53.4 Å². The second kappa shape index (κ2) is 9.85. The maximum Gasteiger partial charge on any atom is 0.294 e. The van der Waals surface area contributed by atoms with E-state index in [1.165, 1.54) is 12.1 Å². The van der Waals surface area contributed by atoms with E-state index in [2.05, 4.69) is 0 Å². The number of hydrogen-bond donors (Lipinski definition) is 0. The molecular weight excluding hydrogens is 495 g/mol. The lowest BCUT2D eigenvalue weighted by Crippen LogP contribution is -2.27. The van der Waals surface area contributed by atoms with Crippen LogP contribution in [0.25, 0.3) is 11.8 Å². The van der Waals surface area contributed by atoms with E-state index in [-0.39, 0.29) is 28.2 Å². The van der Waals surface area contributed by atoms with E-state index in [1.54, 1.807) is 30.3 Å². The Morgan fingerprint density at radius 2 is 1.76 bits per heavy atom. The standard InChI is InChI=1S/C27H25FN4O4S/c1-17-13-20(14-25-26(33)30(27(34)37-25)16-19-5-7-21(28)8-6-19)18(2)31(17)22-9-10-23(24(15-22)32(35)36)29-11-3-4-12-29/h5-10,13-15H,3-4,11-12,16H2,1-2H3/b25-14-. The van der Waals surface area contributed by atoms with Gasteiger partial charge >= 0.3 is 0 Å². The highest BCUT2D eigenvalue weighted by Crippen LogP contribution is 2.36. The van der Waals surface area contributed by atoms with E-state index >= 15 is 0 Å². The smallest absolute Gasteiger partial charge is 0.294 e. The lowest BCUT2D eigenvalue weighted by molar-refractivity contribution is -0.384. The molecule has 2 aromatic carbocycles. The van der Waals surface area contributed by atoms with Gasteiger partial charge in [0.05, 0.1) is 22.1 Å². The molecule has 2 fully saturated rings. The fourth-order valence-corrected chi connectivity index (χ4v) is 5.73. The van der Waals surface area contributed by atoms with E-state index in [0.29, 0.717) is 21.8 Å². The molecule has 8 nitrogen and oxygen atoms in total. The Morgan fingerprint density at radius 1 is 1.05 bits per heavy atom. The largest absolute Gasteiger partial charge is 0.366 e. The van der Waals surface area contributed by atoms with Crippen molar-refractivity contribution in [2.45, 2.75) is 33.2 Å². The number of nitrogens with zero attached hydrogens (tertiary/aromatic N) is 4. The molecule has 3 heterocycles. The number of imide groups is 1. The van der Waals surface area contributed by atoms with Crippen LogP contribution in [-0.4, -0.2) is 38.6 Å². The summed E-state index contributed by atoms with van der Waals surface area (Å²) in [5.41, 5.74) is 4.40. The molecule has 37 heavy (non-hydrogen) atoms. The Labute approximate surface area is 217 Å². The van der Waals surface area contributed by atoms with Crippen molar-refractivity contribution in [1.29, 1.82) is 0 Å². The topological polar surface area (TPSA) is 88.7 Å². The molecule has 0 saturated carbocycles. The van der Waals surface area contributed by atoms with Gasteiger partial charge in [0.25, 0.3) is 16.8 Å². The monoisotopic (exact) mass is 520 g/mol. The lowest BCUT2D eigenvalue weighted by Gasteiger charge is -2.19. The normalized spacial score (nSPS) is 16.9. The van der Waals surface area contributed by atoms with Crippen LogP contribution < -0.4 is 4.90 Å². The molecule has 2 aliphatic rings. The number of benzene rings is 2. The first-order chi connectivity index (χ1) is 17.7. The van der Waals surface area contributed by atoms with Crippen LogP contribution in [-0.2, 0) is 11.3 Å². The van der Waals surface area contributed by atoms with Gasteiger partial charge in [-0.25, -0.2) is 4.39 Å². The number of hydrogen-bond acceptors (Lipinski definition) is 6. The van der Waals surface area contributed by atoms with E-state index < -0.39 is 5.91 Å². The van der Waals surface area contributed by atoms with Gasteiger partial charge in [-0.05, 0) is 86.0 Å². The molecule has 3 aromatic rings. The van der Waals surface area contributed by atoms with Gasteiger partial charge in [-0.1, -0.05) is 12.1 Å². The molecule has 0 spiro atoms. The Hall–Kier alpha value is -3.92. The Morgan fingerprint density at radius 3 is 2.43 bits per heavy atom. The third kappa shape index (κ3) is 4.76. The second-order valence-electron chi connectivity index (χ2n) is 9.18. The van der Waals surface area contributed by atoms with Crippen LogP contribution in [0.2, 0.25) is 0 Å². The molecule has 190 valence electrons. The van der Waals surface area contributed by atoms with Crippen LogP contribution in [0.1, 0.15) is 35.4 Å². The summed E-state index contributed by atoms with van der Waals surface area (Å²) in [6.07, 6.45) is 3.72. The zero-order chi connectivity index (χ0) is 26.3. The first-order valence-corrected chi connectivity index (χ1v) is 12.8. The maximum atomic E-state index is 13.2. The van der Waals surface area contributed by atoms with Crippen molar-refractivity contribution in [3.8, 4) is 5.69 Å². The SMILES string of the molecule is Cc1cc(/C=C2\SC(=O)N(Cc3ccc(F)cc3)C2=O)c(C)n1-c1ccc(N2CCCC2)c([N+](=O)[O-])c1. The van der Waals surface area contributed by atoms with Crippen molar-refractivity contribution < 1.29 is 18.9 Å². The third-order valence-corrected chi connectivity index (χ3v) is 7.65. The fourth-order valence-electron chi connectivity index (χ4n) is 4.90. The van der Waals surface area contributed by atoms with Gasteiger partial charge in [-0.2, -0.15) is 0 Å². The first kappa shape index (κ1) is 24.8. The Balaban J connectivity index is 1.44. The van der Waals surface area contributed by atoms with Crippen LogP contribution in [0, 0.1) is 29.8 Å². The summed E-state index contributed by atoms with van der Waals surface area (Å²) in [7, 11) is 0. The minimum Gasteiger partial charge on any atom is -0.366 e. The number of anilines is 1. The number of carbonyl (C=O) groups is 2. The average Bonchev–Trinajstić information content (AvgIpc) is 3.56. The maximum absolute atomic E-state index is 13.2. The van der Waals surface area contributed by atoms with Crippen molar-refractivity contribution in [1.82, 2.24) is 9.47 Å². The molecule has 0 N–H and O–H groups in total. The van der Waals surface area contributed by atoms with Gasteiger partial charge in [0.2, 0.25) is 0 Å². The summed E-state index contributed by atoms with van der Waals surface area (Å²) in [5, 5.41) is 11.5. The number of thioether (sulfide) groups is 1. The van der Waals surface area contributed by atoms with Crippen molar-refractivity contribution in [3.05, 3.63) is 91.9 Å². The molecule has 2 aliphatic heterocycles. The molecular formula is C27H25FN4O4S. The number of rotatable bonds is 6. The van der Waals surface area contributed by atoms with E-state index in [4.69, 9.17) is 0 Å². The highest BCUT2D eigenvalue weighted by Gasteiger charge is 2.35. The highest BCUT2D eigenvalue weighted by atomic mass is 32.2. The molecule has 0 bridgehead atoms. The van der Waals surface area contributed by atoms with Crippen LogP contribution in [0.5, 0.6) is 0 Å². The molecule has 10 heteroatoms. The molecule has 0 radical (unpaired) electrons. The van der Waals surface area contributed by atoms with Gasteiger partial charge in [-0.15, -0.1) is 0 Å². The summed E-state index contributed by atoms with van der Waals surface area (Å²) in [5.74, 6) is -0.793. The Kier molecular flexibility index (Phi) is 6.59. The zero-order valence-corrected chi connectivity index (χ0v) is 21.3. The van der Waals surface area contributed by atoms with Crippen LogP contribution in [0.3, 0.4) is 0 Å². The number of amides is 2. The van der Waals surface area contributed by atoms with Gasteiger partial charge in [0.15, 0.2) is 0 Å². The predicted octanol–water partition coefficient (Wildman–Crippen LogP) is 5.98. The molecule has 0 aliphatic carbocycles. The van der Waals surface area contributed by atoms with Crippen molar-refractivity contribution in [2.75, 3.05) is 18.0 Å². The minimum atomic E-state index is -0.408. The number of aryl methyl sites for hydroxylation is 1. The molecule has 0 unspecified atom stereocenters. The van der Waals surface area contributed by atoms with E-state index in [0.717, 1.165) is 59.5 Å². The van der Waals surface area contributed by atoms with Gasteiger partial charge in [0.1, 0.15) is 11.5 Å². The third-order valence-electron chi connectivity index (χ3n) is 6.75. The lowest BCUT2D eigenvalue weighted by atomic mass is 10.2. The van der Waals surface area contributed by atoms with Gasteiger partial charge in [0, 0.05) is 30.5 Å². The second-order valence-corrected chi connectivity index (χ2v) is 10.2. The summed E-state index contributed by atoms with van der Waals surface area (Å²) in [6, 6.07) is 12.8. The van der Waals surface area contributed by atoms with Crippen molar-refractivity contribution in [2.24, 2.45) is 0 Å². The minimum absolute atomic E-state index is 0.0638. The van der Waals surface area contributed by atoms with Crippen LogP contribution >= 0.6 is 11.8 Å². The number of halogens is 1. The predicted molar refractivity (Wildman–Crippen MR) is 141 cm³/mol. The first-order valence-electron chi connectivity index (χ1n) is 12.0. The number of nitro groups is 1. The van der Waals surface area contributed by atoms with Crippen LogP contribution in [0.4, 0.5) is 20.6 Å². The van der Waals surface area contributed by atoms with E-state index in [1.807, 2.05) is 35.4 Å². The molecule has 0 atom stereocenters. The summed E-state index contributed by atoms with van der Waals surface area (Å²) >= 11 is 0.861. The Bertz CT molecular complexity index is 1440. The summed E-state index contributed by atoms with van der Waals surface area (Å²) < 4.78 is 15.1. The molecule has 1 aromatic heterocycles. The highest BCUT2D eigenvalue weighted by molar-refractivity contribution is 8.18. The van der Waals surface area contributed by atoms with Crippen molar-refractivity contribution >= 4 is 40.4 Å². The van der Waals surface area contributed by atoms with Crippen molar-refractivity contribution in [3.63, 3.8) is 0 Å². The van der Waals surface area contributed by atoms with Gasteiger partial charge < -0.3 is 9.47 Å². The van der Waals surface area contributed by atoms with E-state index in [9.17, 15) is 24.1 Å². The fraction of sp³-hybridized carbons (Fsp3) is 0.259. The number of carbonyl (C=O) groups excluding carboxylic acids is 2. The average molecular weight is 521 g/mol. The summed E-state index contributed by atoms with van der Waals surface area (Å²) in [6.45, 7) is 5.45. The zero-order valence-electron chi connectivity index (χ0n) is 20.4. The molecule has 2 amide bonds. The molecule has 5 rings (SSSR count). The number of nitro benzene ring substituents is 1. The molecule has 2 saturated heterocycles. The number of aromatic nitrogens is 1. The van der Waals surface area contributed by atoms with Gasteiger partial charge in [-0.3, -0.25) is 24.6 Å². The summed E-state index contributed by atoms with van der Waals surface area (Å²) in [4.78, 5) is 40.6. The quantitative estimate of drug-likeness (QED) is 0.226.